The Morgan fingerprint density at radius 3 is 2.88 bits per heavy atom. The summed E-state index contributed by atoms with van der Waals surface area (Å²) in [5, 5.41) is 8.52. The Hall–Kier alpha value is -1.55. The van der Waals surface area contributed by atoms with Gasteiger partial charge in [-0.25, -0.2) is 0 Å². The zero-order chi connectivity index (χ0) is 12.0. The van der Waals surface area contributed by atoms with Gasteiger partial charge in [-0.2, -0.15) is 0 Å². The summed E-state index contributed by atoms with van der Waals surface area (Å²) in [6.45, 7) is 1.58. The second kappa shape index (κ2) is 6.12. The monoisotopic (exact) mass is 222 g/mol. The summed E-state index contributed by atoms with van der Waals surface area (Å²) in [6, 6.07) is 7.74. The Morgan fingerprint density at radius 2 is 2.25 bits per heavy atom. The van der Waals surface area contributed by atoms with E-state index in [0.29, 0.717) is 6.42 Å². The molecule has 0 spiro atoms. The standard InChI is InChI=1S/C12H18N2O2/c1-14(7-3-6-12(15)16)9-10-4-2-5-11(13)8-10/h2,4-5,8H,3,6-7,9,13H2,1H3,(H,15,16). The first-order valence-electron chi connectivity index (χ1n) is 5.32. The number of anilines is 1. The van der Waals surface area contributed by atoms with Gasteiger partial charge >= 0.3 is 5.97 Å². The number of carbonyl (C=O) groups is 1. The summed E-state index contributed by atoms with van der Waals surface area (Å²) < 4.78 is 0. The second-order valence-corrected chi connectivity index (χ2v) is 3.98. The Labute approximate surface area is 95.7 Å². The minimum Gasteiger partial charge on any atom is -0.481 e. The van der Waals surface area contributed by atoms with Crippen LogP contribution in [0.5, 0.6) is 0 Å². The summed E-state index contributed by atoms with van der Waals surface area (Å²) in [6.07, 6.45) is 0.898. The molecule has 0 aromatic heterocycles. The molecule has 0 aliphatic rings. The van der Waals surface area contributed by atoms with E-state index in [1.807, 2.05) is 31.3 Å². The Bertz CT molecular complexity index is 353. The third kappa shape index (κ3) is 4.79. The van der Waals surface area contributed by atoms with Crippen LogP contribution < -0.4 is 5.73 Å². The van der Waals surface area contributed by atoms with Crippen molar-refractivity contribution in [2.75, 3.05) is 19.3 Å². The summed E-state index contributed by atoms with van der Waals surface area (Å²) in [5.74, 6) is -0.739. The maximum Gasteiger partial charge on any atom is 0.303 e. The first-order valence-corrected chi connectivity index (χ1v) is 5.32. The topological polar surface area (TPSA) is 66.6 Å². The molecule has 0 amide bonds. The SMILES string of the molecule is CN(CCCC(=O)O)Cc1cccc(N)c1. The van der Waals surface area contributed by atoms with Crippen LogP contribution in [0.15, 0.2) is 24.3 Å². The number of nitrogens with two attached hydrogens (primary N) is 1. The fourth-order valence-electron chi connectivity index (χ4n) is 1.58. The fraction of sp³-hybridized carbons (Fsp3) is 0.417. The minimum absolute atomic E-state index is 0.223. The predicted octanol–water partition coefficient (Wildman–Crippen LogP) is 1.57. The van der Waals surface area contributed by atoms with Gasteiger partial charge in [-0.3, -0.25) is 4.79 Å². The van der Waals surface area contributed by atoms with Gasteiger partial charge in [0, 0.05) is 18.7 Å². The van der Waals surface area contributed by atoms with E-state index in [1.165, 1.54) is 0 Å². The van der Waals surface area contributed by atoms with Crippen LogP contribution in [0.2, 0.25) is 0 Å². The van der Waals surface area contributed by atoms with E-state index in [4.69, 9.17) is 10.8 Å². The van der Waals surface area contributed by atoms with Crippen LogP contribution in [-0.2, 0) is 11.3 Å². The molecule has 0 bridgehead atoms. The van der Waals surface area contributed by atoms with Crippen LogP contribution in [0.1, 0.15) is 18.4 Å². The summed E-state index contributed by atoms with van der Waals surface area (Å²) >= 11 is 0. The number of nitrogens with zero attached hydrogens (tertiary/aromatic N) is 1. The van der Waals surface area contributed by atoms with Crippen LogP contribution in [0.3, 0.4) is 0 Å². The number of hydrogen-bond acceptors (Lipinski definition) is 3. The minimum atomic E-state index is -0.739. The zero-order valence-corrected chi connectivity index (χ0v) is 9.52. The van der Waals surface area contributed by atoms with Gasteiger partial charge in [-0.1, -0.05) is 12.1 Å². The normalized spacial score (nSPS) is 10.6. The molecule has 3 N–H and O–H groups in total. The van der Waals surface area contributed by atoms with Crippen LogP contribution in [0.25, 0.3) is 0 Å². The number of rotatable bonds is 6. The third-order valence-electron chi connectivity index (χ3n) is 2.33. The van der Waals surface area contributed by atoms with Crippen molar-refractivity contribution in [1.29, 1.82) is 0 Å². The molecule has 0 unspecified atom stereocenters. The molecule has 16 heavy (non-hydrogen) atoms. The lowest BCUT2D eigenvalue weighted by Gasteiger charge is -2.16. The van der Waals surface area contributed by atoms with Crippen LogP contribution >= 0.6 is 0 Å². The van der Waals surface area contributed by atoms with E-state index >= 15 is 0 Å². The number of carboxylic acids is 1. The molecule has 0 heterocycles. The Kier molecular flexibility index (Phi) is 4.79. The van der Waals surface area contributed by atoms with Crippen LogP contribution in [0.4, 0.5) is 5.69 Å². The van der Waals surface area contributed by atoms with Crippen molar-refractivity contribution in [2.45, 2.75) is 19.4 Å². The van der Waals surface area contributed by atoms with Gasteiger partial charge in [0.15, 0.2) is 0 Å². The van der Waals surface area contributed by atoms with Gasteiger partial charge in [0.25, 0.3) is 0 Å². The first-order chi connectivity index (χ1) is 7.58. The van der Waals surface area contributed by atoms with E-state index in [-0.39, 0.29) is 6.42 Å². The van der Waals surface area contributed by atoms with Crippen molar-refractivity contribution in [2.24, 2.45) is 0 Å². The fourth-order valence-corrected chi connectivity index (χ4v) is 1.58. The van der Waals surface area contributed by atoms with Gasteiger partial charge < -0.3 is 15.7 Å². The first kappa shape index (κ1) is 12.5. The molecule has 0 atom stereocenters. The van der Waals surface area contributed by atoms with Gasteiger partial charge in [0.1, 0.15) is 0 Å². The largest absolute Gasteiger partial charge is 0.481 e. The molecule has 0 saturated carbocycles. The highest BCUT2D eigenvalue weighted by Crippen LogP contribution is 2.09. The second-order valence-electron chi connectivity index (χ2n) is 3.98. The van der Waals surface area contributed by atoms with Crippen molar-refractivity contribution in [3.05, 3.63) is 29.8 Å². The van der Waals surface area contributed by atoms with Gasteiger partial charge in [0.2, 0.25) is 0 Å². The predicted molar refractivity (Wildman–Crippen MR) is 64.1 cm³/mol. The molecular weight excluding hydrogens is 204 g/mol. The lowest BCUT2D eigenvalue weighted by atomic mass is 10.2. The maximum absolute atomic E-state index is 10.3. The molecule has 4 nitrogen and oxygen atoms in total. The molecule has 0 aliphatic heterocycles. The van der Waals surface area contributed by atoms with Crippen molar-refractivity contribution in [3.63, 3.8) is 0 Å². The highest BCUT2D eigenvalue weighted by atomic mass is 16.4. The van der Waals surface area contributed by atoms with Crippen molar-refractivity contribution < 1.29 is 9.90 Å². The van der Waals surface area contributed by atoms with Crippen molar-refractivity contribution in [1.82, 2.24) is 4.90 Å². The number of hydrogen-bond donors (Lipinski definition) is 2. The van der Waals surface area contributed by atoms with Gasteiger partial charge in [-0.05, 0) is 37.7 Å². The summed E-state index contributed by atoms with van der Waals surface area (Å²) in [7, 11) is 1.98. The number of aliphatic carboxylic acids is 1. The molecule has 1 rings (SSSR count). The van der Waals surface area contributed by atoms with Crippen LogP contribution in [0, 0.1) is 0 Å². The molecule has 0 radical (unpaired) electrons. The lowest BCUT2D eigenvalue weighted by Crippen LogP contribution is -2.19. The molecule has 0 saturated heterocycles. The smallest absolute Gasteiger partial charge is 0.303 e. The summed E-state index contributed by atoms with van der Waals surface area (Å²) in [4.78, 5) is 12.4. The Morgan fingerprint density at radius 1 is 1.50 bits per heavy atom. The van der Waals surface area contributed by atoms with E-state index in [2.05, 4.69) is 4.90 Å². The summed E-state index contributed by atoms with van der Waals surface area (Å²) in [5.41, 5.74) is 7.59. The molecular formula is C12H18N2O2. The number of nitrogen functional groups attached to an aromatic ring is 1. The lowest BCUT2D eigenvalue weighted by molar-refractivity contribution is -0.137. The average molecular weight is 222 g/mol. The highest BCUT2D eigenvalue weighted by molar-refractivity contribution is 5.66. The third-order valence-corrected chi connectivity index (χ3v) is 2.33. The highest BCUT2D eigenvalue weighted by Gasteiger charge is 2.02. The van der Waals surface area contributed by atoms with E-state index in [1.54, 1.807) is 0 Å². The van der Waals surface area contributed by atoms with Gasteiger partial charge in [-0.15, -0.1) is 0 Å². The number of carboxylic acid groups (broad SMARTS) is 1. The van der Waals surface area contributed by atoms with Crippen molar-refractivity contribution in [3.8, 4) is 0 Å². The van der Waals surface area contributed by atoms with E-state index in [0.717, 1.165) is 24.3 Å². The maximum atomic E-state index is 10.3. The van der Waals surface area contributed by atoms with E-state index in [9.17, 15) is 4.79 Å². The molecule has 1 aromatic carbocycles. The van der Waals surface area contributed by atoms with Gasteiger partial charge in [0.05, 0.1) is 0 Å². The van der Waals surface area contributed by atoms with Crippen LogP contribution in [-0.4, -0.2) is 29.6 Å². The number of benzene rings is 1. The molecule has 4 heteroatoms. The van der Waals surface area contributed by atoms with Crippen molar-refractivity contribution >= 4 is 11.7 Å². The quantitative estimate of drug-likeness (QED) is 0.717. The molecule has 88 valence electrons. The average Bonchev–Trinajstić information content (AvgIpc) is 2.16. The van der Waals surface area contributed by atoms with E-state index < -0.39 is 5.97 Å². The molecule has 0 aliphatic carbocycles. The molecule has 1 aromatic rings. The zero-order valence-electron chi connectivity index (χ0n) is 9.52. The molecule has 0 fully saturated rings. The Balaban J connectivity index is 2.33.